The number of benzene rings is 1. The smallest absolute Gasteiger partial charge is 0.336 e. The van der Waals surface area contributed by atoms with Gasteiger partial charge in [-0.2, -0.15) is 4.98 Å². The zero-order valence-electron chi connectivity index (χ0n) is 12.1. The summed E-state index contributed by atoms with van der Waals surface area (Å²) in [5, 5.41) is 7.71. The summed E-state index contributed by atoms with van der Waals surface area (Å²) in [4.78, 5) is 4.21. The molecule has 0 radical (unpaired) electrons. The number of nitrogens with one attached hydrogen (secondary N) is 1. The minimum absolute atomic E-state index is 0.105. The lowest BCUT2D eigenvalue weighted by atomic mass is 10.3. The molecular weight excluding hydrogens is 252 g/mol. The molecule has 0 saturated heterocycles. The Bertz CT molecular complexity index is 498. The molecule has 0 saturated carbocycles. The van der Waals surface area contributed by atoms with Crippen LogP contribution in [0.4, 0.5) is 0 Å². The first-order valence-corrected chi connectivity index (χ1v) is 7.18. The number of ether oxygens (including phenoxy) is 1. The Morgan fingerprint density at radius 1 is 1.25 bits per heavy atom. The zero-order valence-corrected chi connectivity index (χ0v) is 12.1. The van der Waals surface area contributed by atoms with E-state index in [1.165, 1.54) is 0 Å². The van der Waals surface area contributed by atoms with E-state index in [0.717, 1.165) is 31.6 Å². The number of hydrogen-bond donors (Lipinski definition) is 1. The van der Waals surface area contributed by atoms with Gasteiger partial charge < -0.3 is 10.1 Å². The van der Waals surface area contributed by atoms with Crippen LogP contribution in [0.3, 0.4) is 0 Å². The molecule has 0 aliphatic carbocycles. The third-order valence-electron chi connectivity index (χ3n) is 3.02. The lowest BCUT2D eigenvalue weighted by Gasteiger charge is -2.15. The second kappa shape index (κ2) is 7.65. The van der Waals surface area contributed by atoms with E-state index in [-0.39, 0.29) is 6.10 Å². The molecule has 5 heteroatoms. The van der Waals surface area contributed by atoms with Gasteiger partial charge in [0.1, 0.15) is 12.4 Å². The van der Waals surface area contributed by atoms with Crippen molar-refractivity contribution < 1.29 is 4.74 Å². The van der Waals surface area contributed by atoms with Gasteiger partial charge in [0.05, 0.1) is 5.69 Å². The Hall–Kier alpha value is -1.88. The maximum Gasteiger partial charge on any atom is 0.336 e. The van der Waals surface area contributed by atoms with Crippen molar-refractivity contribution in [3.63, 3.8) is 0 Å². The van der Waals surface area contributed by atoms with Gasteiger partial charge in [-0.3, -0.25) is 0 Å². The van der Waals surface area contributed by atoms with Crippen LogP contribution in [0.1, 0.15) is 26.7 Å². The van der Waals surface area contributed by atoms with Gasteiger partial charge in [-0.15, -0.1) is 5.10 Å². The van der Waals surface area contributed by atoms with Crippen molar-refractivity contribution >= 4 is 0 Å². The number of nitrogens with zero attached hydrogens (tertiary/aromatic N) is 3. The fourth-order valence-electron chi connectivity index (χ4n) is 1.87. The van der Waals surface area contributed by atoms with Crippen molar-refractivity contribution in [1.82, 2.24) is 20.1 Å². The molecule has 2 aromatic rings. The molecule has 5 nitrogen and oxygen atoms in total. The van der Waals surface area contributed by atoms with Crippen LogP contribution < -0.4 is 10.1 Å². The molecule has 1 aromatic carbocycles. The summed E-state index contributed by atoms with van der Waals surface area (Å²) < 4.78 is 7.53. The third-order valence-corrected chi connectivity index (χ3v) is 3.02. The highest BCUT2D eigenvalue weighted by molar-refractivity contribution is 5.29. The minimum Gasteiger partial charge on any atom is -0.458 e. The van der Waals surface area contributed by atoms with Crippen LogP contribution in [0.15, 0.2) is 36.7 Å². The SMILES string of the molecule is CCCNCC(CC)Oc1ncn(-c2ccccc2)n1. The average Bonchev–Trinajstić information content (AvgIpc) is 2.96. The molecule has 1 N–H and O–H groups in total. The van der Waals surface area contributed by atoms with Crippen LogP contribution in [-0.2, 0) is 0 Å². The predicted molar refractivity (Wildman–Crippen MR) is 79.2 cm³/mol. The molecule has 20 heavy (non-hydrogen) atoms. The third kappa shape index (κ3) is 4.06. The highest BCUT2D eigenvalue weighted by Gasteiger charge is 2.11. The summed E-state index contributed by atoms with van der Waals surface area (Å²) >= 11 is 0. The molecule has 1 unspecified atom stereocenters. The summed E-state index contributed by atoms with van der Waals surface area (Å²) in [6.45, 7) is 6.08. The molecule has 2 rings (SSSR count). The van der Waals surface area contributed by atoms with Crippen molar-refractivity contribution in [2.24, 2.45) is 0 Å². The Balaban J connectivity index is 1.94. The fraction of sp³-hybridized carbons (Fsp3) is 0.467. The van der Waals surface area contributed by atoms with Gasteiger partial charge in [-0.1, -0.05) is 32.0 Å². The Kier molecular flexibility index (Phi) is 5.55. The number of rotatable bonds is 8. The van der Waals surface area contributed by atoms with Gasteiger partial charge in [0, 0.05) is 6.54 Å². The van der Waals surface area contributed by atoms with Gasteiger partial charge in [-0.05, 0) is 31.5 Å². The van der Waals surface area contributed by atoms with Crippen molar-refractivity contribution in [2.75, 3.05) is 13.1 Å². The van der Waals surface area contributed by atoms with E-state index in [1.54, 1.807) is 11.0 Å². The standard InChI is InChI=1S/C15H22N4O/c1-3-10-16-11-14(4-2)20-15-17-12-19(18-15)13-8-6-5-7-9-13/h5-9,12,14,16H,3-4,10-11H2,1-2H3. The van der Waals surface area contributed by atoms with Crippen LogP contribution in [0.5, 0.6) is 6.01 Å². The highest BCUT2D eigenvalue weighted by Crippen LogP contribution is 2.10. The van der Waals surface area contributed by atoms with Gasteiger partial charge in [0.2, 0.25) is 0 Å². The first kappa shape index (κ1) is 14.5. The van der Waals surface area contributed by atoms with Crippen LogP contribution in [0.25, 0.3) is 5.69 Å². The maximum absolute atomic E-state index is 5.81. The fourth-order valence-corrected chi connectivity index (χ4v) is 1.87. The summed E-state index contributed by atoms with van der Waals surface area (Å²) in [6, 6.07) is 10.3. The van der Waals surface area contributed by atoms with E-state index >= 15 is 0 Å². The molecule has 0 amide bonds. The van der Waals surface area contributed by atoms with E-state index < -0.39 is 0 Å². The van der Waals surface area contributed by atoms with Gasteiger partial charge in [0.15, 0.2) is 0 Å². The molecule has 0 aliphatic heterocycles. The normalized spacial score (nSPS) is 12.3. The van der Waals surface area contributed by atoms with Crippen molar-refractivity contribution in [3.8, 4) is 11.7 Å². The molecule has 0 spiro atoms. The topological polar surface area (TPSA) is 52.0 Å². The zero-order chi connectivity index (χ0) is 14.2. The minimum atomic E-state index is 0.105. The van der Waals surface area contributed by atoms with E-state index in [9.17, 15) is 0 Å². The summed E-state index contributed by atoms with van der Waals surface area (Å²) in [5.74, 6) is 0. The molecule has 0 bridgehead atoms. The Morgan fingerprint density at radius 2 is 2.05 bits per heavy atom. The molecule has 1 heterocycles. The molecule has 1 aromatic heterocycles. The van der Waals surface area contributed by atoms with Crippen molar-refractivity contribution in [1.29, 1.82) is 0 Å². The predicted octanol–water partition coefficient (Wildman–Crippen LogP) is 2.42. The van der Waals surface area contributed by atoms with E-state index in [1.807, 2.05) is 30.3 Å². The molecule has 0 aliphatic rings. The van der Waals surface area contributed by atoms with Crippen molar-refractivity contribution in [2.45, 2.75) is 32.8 Å². The van der Waals surface area contributed by atoms with Crippen LogP contribution in [0, 0.1) is 0 Å². The first-order chi connectivity index (χ1) is 9.83. The van der Waals surface area contributed by atoms with Crippen LogP contribution in [0.2, 0.25) is 0 Å². The Morgan fingerprint density at radius 3 is 2.75 bits per heavy atom. The highest BCUT2D eigenvalue weighted by atomic mass is 16.5. The number of aromatic nitrogens is 3. The van der Waals surface area contributed by atoms with Gasteiger partial charge in [-0.25, -0.2) is 4.68 Å². The Labute approximate surface area is 120 Å². The average molecular weight is 274 g/mol. The van der Waals surface area contributed by atoms with Gasteiger partial charge >= 0.3 is 6.01 Å². The molecule has 108 valence electrons. The second-order valence-electron chi connectivity index (χ2n) is 4.66. The number of hydrogen-bond acceptors (Lipinski definition) is 4. The maximum atomic E-state index is 5.81. The monoisotopic (exact) mass is 274 g/mol. The van der Waals surface area contributed by atoms with Crippen LogP contribution in [-0.4, -0.2) is 34.0 Å². The van der Waals surface area contributed by atoms with E-state index in [0.29, 0.717) is 6.01 Å². The quantitative estimate of drug-likeness (QED) is 0.751. The lowest BCUT2D eigenvalue weighted by molar-refractivity contribution is 0.177. The summed E-state index contributed by atoms with van der Waals surface area (Å²) in [6.07, 6.45) is 3.83. The van der Waals surface area contributed by atoms with Crippen molar-refractivity contribution in [3.05, 3.63) is 36.7 Å². The van der Waals surface area contributed by atoms with Gasteiger partial charge in [0.25, 0.3) is 0 Å². The van der Waals surface area contributed by atoms with E-state index in [2.05, 4.69) is 29.2 Å². The first-order valence-electron chi connectivity index (χ1n) is 7.18. The molecule has 0 fully saturated rings. The van der Waals surface area contributed by atoms with Crippen LogP contribution >= 0.6 is 0 Å². The lowest BCUT2D eigenvalue weighted by Crippen LogP contribution is -2.31. The molecule has 1 atom stereocenters. The summed E-state index contributed by atoms with van der Waals surface area (Å²) in [5.41, 5.74) is 0.979. The summed E-state index contributed by atoms with van der Waals surface area (Å²) in [7, 11) is 0. The van der Waals surface area contributed by atoms with E-state index in [4.69, 9.17) is 4.74 Å². The molecular formula is C15H22N4O. The number of para-hydroxylation sites is 1. The largest absolute Gasteiger partial charge is 0.458 e. The second-order valence-corrected chi connectivity index (χ2v) is 4.66.